The maximum absolute atomic E-state index is 10.5. The molecule has 0 aliphatic carbocycles. The number of likely N-dealkylation sites (tertiary alicyclic amines) is 1. The topological polar surface area (TPSA) is 88.2 Å². The number of aromatic nitrogens is 4. The van der Waals surface area contributed by atoms with Gasteiger partial charge in [-0.2, -0.15) is 4.98 Å². The molecule has 4 heterocycles. The van der Waals surface area contributed by atoms with Crippen molar-refractivity contribution in [2.24, 2.45) is 5.92 Å². The lowest BCUT2D eigenvalue weighted by atomic mass is 9.89. The third kappa shape index (κ3) is 3.79. The molecule has 0 spiro atoms. The van der Waals surface area contributed by atoms with Gasteiger partial charge >= 0.3 is 0 Å². The Morgan fingerprint density at radius 2 is 1.85 bits per heavy atom. The van der Waals surface area contributed by atoms with Crippen molar-refractivity contribution in [2.75, 3.05) is 13.1 Å². The van der Waals surface area contributed by atoms with E-state index in [1.807, 2.05) is 36.4 Å². The highest BCUT2D eigenvalue weighted by atomic mass is 16.5. The van der Waals surface area contributed by atoms with E-state index < -0.39 is 6.10 Å². The Morgan fingerprint density at radius 1 is 1.08 bits per heavy atom. The molecule has 7 nitrogen and oxygen atoms in total. The smallest absolute Gasteiger partial charge is 0.241 e. The Hall–Kier alpha value is -2.64. The summed E-state index contributed by atoms with van der Waals surface area (Å²) in [5, 5.41) is 14.5. The summed E-state index contributed by atoms with van der Waals surface area (Å²) in [6, 6.07) is 11.3. The zero-order chi connectivity index (χ0) is 17.8. The van der Waals surface area contributed by atoms with Crippen molar-refractivity contribution in [2.45, 2.75) is 25.5 Å². The van der Waals surface area contributed by atoms with Crippen molar-refractivity contribution < 1.29 is 9.63 Å². The molecule has 1 aliphatic rings. The van der Waals surface area contributed by atoms with Crippen LogP contribution >= 0.6 is 0 Å². The van der Waals surface area contributed by atoms with Crippen LogP contribution in [-0.2, 0) is 6.54 Å². The van der Waals surface area contributed by atoms with Gasteiger partial charge in [-0.1, -0.05) is 17.3 Å². The van der Waals surface area contributed by atoms with Crippen LogP contribution in [0.25, 0.3) is 11.5 Å². The lowest BCUT2D eigenvalue weighted by molar-refractivity contribution is 0.0511. The van der Waals surface area contributed by atoms with E-state index in [-0.39, 0.29) is 5.92 Å². The molecule has 1 saturated heterocycles. The number of rotatable bonds is 5. The van der Waals surface area contributed by atoms with Gasteiger partial charge in [0.1, 0.15) is 5.69 Å². The van der Waals surface area contributed by atoms with Gasteiger partial charge in [0, 0.05) is 12.4 Å². The first-order valence-electron chi connectivity index (χ1n) is 8.85. The fraction of sp³-hybridized carbons (Fsp3) is 0.368. The van der Waals surface area contributed by atoms with Gasteiger partial charge in [-0.15, -0.1) is 0 Å². The molecule has 0 radical (unpaired) electrons. The quantitative estimate of drug-likeness (QED) is 0.755. The van der Waals surface area contributed by atoms with Crippen LogP contribution < -0.4 is 0 Å². The zero-order valence-corrected chi connectivity index (χ0v) is 14.4. The summed E-state index contributed by atoms with van der Waals surface area (Å²) in [6.07, 6.45) is 4.76. The molecule has 1 atom stereocenters. The number of aliphatic hydroxyl groups is 1. The lowest BCUT2D eigenvalue weighted by Crippen LogP contribution is -2.35. The van der Waals surface area contributed by atoms with Gasteiger partial charge in [0.05, 0.1) is 18.3 Å². The van der Waals surface area contributed by atoms with E-state index >= 15 is 0 Å². The lowest BCUT2D eigenvalue weighted by Gasteiger charge is -2.33. The fourth-order valence-corrected chi connectivity index (χ4v) is 3.33. The second-order valence-electron chi connectivity index (χ2n) is 6.54. The molecule has 1 fully saturated rings. The van der Waals surface area contributed by atoms with Gasteiger partial charge in [-0.3, -0.25) is 14.9 Å². The average molecular weight is 351 g/mol. The third-order valence-electron chi connectivity index (χ3n) is 4.79. The second-order valence-corrected chi connectivity index (χ2v) is 6.54. The molecule has 0 amide bonds. The number of hydrogen-bond donors (Lipinski definition) is 1. The molecule has 0 unspecified atom stereocenters. The van der Waals surface area contributed by atoms with Crippen molar-refractivity contribution in [1.82, 2.24) is 25.0 Å². The highest BCUT2D eigenvalue weighted by Crippen LogP contribution is 2.30. The van der Waals surface area contributed by atoms with Gasteiger partial charge in [0.15, 0.2) is 0 Å². The number of pyridine rings is 2. The number of hydrogen-bond acceptors (Lipinski definition) is 7. The third-order valence-corrected chi connectivity index (χ3v) is 4.79. The van der Waals surface area contributed by atoms with Crippen molar-refractivity contribution in [3.8, 4) is 11.5 Å². The van der Waals surface area contributed by atoms with Crippen LogP contribution in [0.2, 0.25) is 0 Å². The van der Waals surface area contributed by atoms with E-state index in [1.165, 1.54) is 0 Å². The summed E-state index contributed by atoms with van der Waals surface area (Å²) in [6.45, 7) is 2.39. The van der Waals surface area contributed by atoms with E-state index in [9.17, 15) is 5.11 Å². The first-order valence-corrected chi connectivity index (χ1v) is 8.85. The molecule has 0 saturated carbocycles. The predicted molar refractivity (Wildman–Crippen MR) is 94.7 cm³/mol. The van der Waals surface area contributed by atoms with Crippen LogP contribution in [-0.4, -0.2) is 43.2 Å². The molecule has 134 valence electrons. The maximum atomic E-state index is 10.5. The van der Waals surface area contributed by atoms with Gasteiger partial charge in [-0.25, -0.2) is 0 Å². The molecule has 7 heteroatoms. The fourth-order valence-electron chi connectivity index (χ4n) is 3.33. The standard InChI is InChI=1S/C19H21N5O2/c25-18(15-5-1-3-9-20-15)14-7-11-24(12-8-14)13-17-22-19(23-26-17)16-6-2-4-10-21-16/h1-6,9-10,14,18,25H,7-8,11-13H2/t18-/m1/s1. The van der Waals surface area contributed by atoms with Gasteiger partial charge in [0.25, 0.3) is 0 Å². The van der Waals surface area contributed by atoms with Crippen LogP contribution in [0.4, 0.5) is 0 Å². The summed E-state index contributed by atoms with van der Waals surface area (Å²) in [5.41, 5.74) is 1.46. The molecule has 0 aromatic carbocycles. The number of aliphatic hydroxyl groups excluding tert-OH is 1. The van der Waals surface area contributed by atoms with Crippen LogP contribution in [0.5, 0.6) is 0 Å². The molecule has 1 aliphatic heterocycles. The van der Waals surface area contributed by atoms with Crippen molar-refractivity contribution in [1.29, 1.82) is 0 Å². The summed E-state index contributed by atoms with van der Waals surface area (Å²) in [5.74, 6) is 1.34. The summed E-state index contributed by atoms with van der Waals surface area (Å²) in [7, 11) is 0. The van der Waals surface area contributed by atoms with Crippen LogP contribution in [0, 0.1) is 5.92 Å². The Bertz CT molecular complexity index is 816. The summed E-state index contributed by atoms with van der Waals surface area (Å²) in [4.78, 5) is 15.2. The molecule has 3 aromatic heterocycles. The molecular weight excluding hydrogens is 330 g/mol. The summed E-state index contributed by atoms with van der Waals surface area (Å²) < 4.78 is 5.36. The van der Waals surface area contributed by atoms with Crippen LogP contribution in [0.1, 0.15) is 30.5 Å². The summed E-state index contributed by atoms with van der Waals surface area (Å²) >= 11 is 0. The van der Waals surface area contributed by atoms with E-state index in [0.717, 1.165) is 31.6 Å². The molecule has 26 heavy (non-hydrogen) atoms. The zero-order valence-electron chi connectivity index (χ0n) is 14.4. The second kappa shape index (κ2) is 7.72. The first-order chi connectivity index (χ1) is 12.8. The molecular formula is C19H21N5O2. The molecule has 4 rings (SSSR count). The Labute approximate surface area is 151 Å². The SMILES string of the molecule is O[C@@H](c1ccccn1)C1CCN(Cc2nc(-c3ccccn3)no2)CC1. The predicted octanol–water partition coefficient (Wildman–Crippen LogP) is 2.47. The Morgan fingerprint density at radius 3 is 2.54 bits per heavy atom. The molecule has 3 aromatic rings. The maximum Gasteiger partial charge on any atom is 0.241 e. The Kier molecular flexibility index (Phi) is 4.99. The monoisotopic (exact) mass is 351 g/mol. The number of nitrogens with zero attached hydrogens (tertiary/aromatic N) is 5. The van der Waals surface area contributed by atoms with Gasteiger partial charge < -0.3 is 9.63 Å². The van der Waals surface area contributed by atoms with Gasteiger partial charge in [-0.05, 0) is 56.1 Å². The highest BCUT2D eigenvalue weighted by Gasteiger charge is 2.27. The normalized spacial score (nSPS) is 17.3. The van der Waals surface area contributed by atoms with Crippen LogP contribution in [0.3, 0.4) is 0 Å². The first kappa shape index (κ1) is 16.8. The van der Waals surface area contributed by atoms with E-state index in [2.05, 4.69) is 25.0 Å². The Balaban J connectivity index is 1.32. The largest absolute Gasteiger partial charge is 0.387 e. The van der Waals surface area contributed by atoms with Gasteiger partial charge in [0.2, 0.25) is 11.7 Å². The minimum absolute atomic E-state index is 0.230. The van der Waals surface area contributed by atoms with E-state index in [1.54, 1.807) is 12.4 Å². The van der Waals surface area contributed by atoms with E-state index in [0.29, 0.717) is 24.0 Å². The highest BCUT2D eigenvalue weighted by molar-refractivity contribution is 5.46. The van der Waals surface area contributed by atoms with Crippen molar-refractivity contribution in [3.63, 3.8) is 0 Å². The van der Waals surface area contributed by atoms with Crippen molar-refractivity contribution in [3.05, 3.63) is 60.4 Å². The molecule has 1 N–H and O–H groups in total. The average Bonchev–Trinajstić information content (AvgIpc) is 3.18. The van der Waals surface area contributed by atoms with Crippen LogP contribution in [0.15, 0.2) is 53.3 Å². The van der Waals surface area contributed by atoms with Crippen molar-refractivity contribution >= 4 is 0 Å². The minimum Gasteiger partial charge on any atom is -0.387 e. The molecule has 0 bridgehead atoms. The minimum atomic E-state index is -0.502. The van der Waals surface area contributed by atoms with E-state index in [4.69, 9.17) is 4.52 Å². The number of piperidine rings is 1.